The maximum atomic E-state index is 13.8. The van der Waals surface area contributed by atoms with Gasteiger partial charge in [0.05, 0.1) is 11.1 Å². The molecule has 0 bridgehead atoms. The van der Waals surface area contributed by atoms with E-state index in [1.54, 1.807) is 12.1 Å². The van der Waals surface area contributed by atoms with Crippen molar-refractivity contribution in [2.24, 2.45) is 0 Å². The summed E-state index contributed by atoms with van der Waals surface area (Å²) in [5, 5.41) is 11.5. The van der Waals surface area contributed by atoms with Gasteiger partial charge in [0.2, 0.25) is 11.8 Å². The molecule has 35 heavy (non-hydrogen) atoms. The van der Waals surface area contributed by atoms with E-state index in [0.29, 0.717) is 23.1 Å². The largest absolute Gasteiger partial charge is 0.435 e. The molecule has 2 aromatic carbocycles. The van der Waals surface area contributed by atoms with E-state index in [-0.39, 0.29) is 23.7 Å². The standard InChI is InChI=1S/C23H19F4N5O3/c1-2-22(12-11-17(33)29-21(22)35)13-3-7-15(8-4-13)28-20(34)18-19(23(25,26)27)32(31-30-18)16-9-5-14(24)6-10-16/h3-10H,2,11-12H2,1H3,(H,28,34)(H,29,33,35). The Kier molecular flexibility index (Phi) is 6.14. The van der Waals surface area contributed by atoms with E-state index in [1.165, 1.54) is 12.1 Å². The van der Waals surface area contributed by atoms with Crippen molar-refractivity contribution in [2.75, 3.05) is 5.32 Å². The van der Waals surface area contributed by atoms with Crippen LogP contribution in [-0.2, 0) is 21.2 Å². The number of anilines is 1. The van der Waals surface area contributed by atoms with E-state index in [2.05, 4.69) is 20.9 Å². The summed E-state index contributed by atoms with van der Waals surface area (Å²) in [4.78, 5) is 36.7. The molecule has 1 atom stereocenters. The Bertz CT molecular complexity index is 1290. The molecule has 0 spiro atoms. The first kappa shape index (κ1) is 24.0. The van der Waals surface area contributed by atoms with Gasteiger partial charge in [0.15, 0.2) is 11.4 Å². The number of amides is 3. The number of imide groups is 1. The minimum Gasteiger partial charge on any atom is -0.321 e. The Hall–Kier alpha value is -4.09. The summed E-state index contributed by atoms with van der Waals surface area (Å²) >= 11 is 0. The number of carbonyl (C=O) groups is 3. The third-order valence-electron chi connectivity index (χ3n) is 5.99. The van der Waals surface area contributed by atoms with Crippen molar-refractivity contribution in [1.29, 1.82) is 0 Å². The van der Waals surface area contributed by atoms with Crippen LogP contribution in [0.3, 0.4) is 0 Å². The fraction of sp³-hybridized carbons (Fsp3) is 0.261. The van der Waals surface area contributed by atoms with Crippen LogP contribution in [0.1, 0.15) is 47.9 Å². The highest BCUT2D eigenvalue weighted by molar-refractivity contribution is 6.04. The molecule has 3 aromatic rings. The number of rotatable bonds is 5. The Morgan fingerprint density at radius 2 is 1.77 bits per heavy atom. The van der Waals surface area contributed by atoms with Gasteiger partial charge < -0.3 is 5.32 Å². The summed E-state index contributed by atoms with van der Waals surface area (Å²) < 4.78 is 55.0. The molecule has 0 radical (unpaired) electrons. The minimum atomic E-state index is -4.98. The molecule has 1 saturated heterocycles. The fourth-order valence-electron chi connectivity index (χ4n) is 4.08. The minimum absolute atomic E-state index is 0.122. The average molecular weight is 489 g/mol. The molecule has 2 heterocycles. The van der Waals surface area contributed by atoms with Crippen LogP contribution in [0.15, 0.2) is 48.5 Å². The van der Waals surface area contributed by atoms with Crippen molar-refractivity contribution in [2.45, 2.75) is 37.8 Å². The van der Waals surface area contributed by atoms with Crippen LogP contribution < -0.4 is 10.6 Å². The molecule has 12 heteroatoms. The smallest absolute Gasteiger partial charge is 0.321 e. The molecule has 3 amide bonds. The lowest BCUT2D eigenvalue weighted by atomic mass is 9.72. The third kappa shape index (κ3) is 4.51. The van der Waals surface area contributed by atoms with Gasteiger partial charge in [-0.3, -0.25) is 19.7 Å². The van der Waals surface area contributed by atoms with Gasteiger partial charge in [0.25, 0.3) is 5.91 Å². The molecule has 1 fully saturated rings. The molecule has 4 rings (SSSR count). The van der Waals surface area contributed by atoms with Gasteiger partial charge >= 0.3 is 6.18 Å². The SMILES string of the molecule is CCC1(c2ccc(NC(=O)c3nnn(-c4ccc(F)cc4)c3C(F)(F)F)cc2)CCC(=O)NC1=O. The Balaban J connectivity index is 1.60. The van der Waals surface area contributed by atoms with Crippen LogP contribution >= 0.6 is 0 Å². The van der Waals surface area contributed by atoms with E-state index < -0.39 is 40.6 Å². The lowest BCUT2D eigenvalue weighted by molar-refractivity contribution is -0.143. The monoisotopic (exact) mass is 489 g/mol. The van der Waals surface area contributed by atoms with Crippen molar-refractivity contribution >= 4 is 23.4 Å². The van der Waals surface area contributed by atoms with Crippen LogP contribution in [0.2, 0.25) is 0 Å². The molecule has 0 saturated carbocycles. The summed E-state index contributed by atoms with van der Waals surface area (Å²) in [6.45, 7) is 1.81. The number of carbonyl (C=O) groups excluding carboxylic acids is 3. The lowest BCUT2D eigenvalue weighted by Gasteiger charge is -2.35. The molecule has 8 nitrogen and oxygen atoms in total. The number of piperidine rings is 1. The molecule has 1 unspecified atom stereocenters. The highest BCUT2D eigenvalue weighted by Crippen LogP contribution is 2.37. The van der Waals surface area contributed by atoms with Crippen LogP contribution in [0, 0.1) is 5.82 Å². The van der Waals surface area contributed by atoms with Crippen LogP contribution in [0.5, 0.6) is 0 Å². The molecule has 2 N–H and O–H groups in total. The van der Waals surface area contributed by atoms with E-state index in [0.717, 1.165) is 24.3 Å². The zero-order chi connectivity index (χ0) is 25.4. The predicted molar refractivity (Wildman–Crippen MR) is 115 cm³/mol. The number of nitrogens with one attached hydrogen (secondary N) is 2. The van der Waals surface area contributed by atoms with Gasteiger partial charge in [-0.15, -0.1) is 5.10 Å². The second kappa shape index (κ2) is 8.93. The lowest BCUT2D eigenvalue weighted by Crippen LogP contribution is -2.51. The van der Waals surface area contributed by atoms with Gasteiger partial charge in [-0.05, 0) is 54.8 Å². The number of alkyl halides is 3. The van der Waals surface area contributed by atoms with E-state index in [1.807, 2.05) is 6.92 Å². The third-order valence-corrected chi connectivity index (χ3v) is 5.99. The highest BCUT2D eigenvalue weighted by atomic mass is 19.4. The average Bonchev–Trinajstić information content (AvgIpc) is 3.27. The molecule has 0 aliphatic carbocycles. The summed E-state index contributed by atoms with van der Waals surface area (Å²) in [7, 11) is 0. The highest BCUT2D eigenvalue weighted by Gasteiger charge is 2.43. The van der Waals surface area contributed by atoms with Gasteiger partial charge in [0.1, 0.15) is 5.82 Å². The van der Waals surface area contributed by atoms with E-state index in [9.17, 15) is 31.9 Å². The molecular formula is C23H19F4N5O3. The molecule has 1 aliphatic heterocycles. The summed E-state index contributed by atoms with van der Waals surface area (Å²) in [5.74, 6) is -2.56. The van der Waals surface area contributed by atoms with Gasteiger partial charge in [-0.1, -0.05) is 24.3 Å². The molecule has 182 valence electrons. The summed E-state index contributed by atoms with van der Waals surface area (Å²) in [6, 6.07) is 10.1. The summed E-state index contributed by atoms with van der Waals surface area (Å²) in [5.41, 5.74) is -2.63. The molecular weight excluding hydrogens is 470 g/mol. The zero-order valence-electron chi connectivity index (χ0n) is 18.3. The Labute approximate surface area is 196 Å². The first-order valence-corrected chi connectivity index (χ1v) is 10.6. The van der Waals surface area contributed by atoms with Crippen LogP contribution in [-0.4, -0.2) is 32.7 Å². The first-order valence-electron chi connectivity index (χ1n) is 10.6. The Morgan fingerprint density at radius 1 is 1.11 bits per heavy atom. The molecule has 1 aliphatic rings. The van der Waals surface area contributed by atoms with Crippen molar-refractivity contribution in [3.05, 3.63) is 71.3 Å². The number of hydrogen-bond donors (Lipinski definition) is 2. The van der Waals surface area contributed by atoms with Crippen LogP contribution in [0.4, 0.5) is 23.2 Å². The number of hydrogen-bond acceptors (Lipinski definition) is 5. The van der Waals surface area contributed by atoms with E-state index >= 15 is 0 Å². The van der Waals surface area contributed by atoms with Gasteiger partial charge in [-0.25, -0.2) is 9.07 Å². The second-order valence-corrected chi connectivity index (χ2v) is 8.02. The Morgan fingerprint density at radius 3 is 2.34 bits per heavy atom. The number of benzene rings is 2. The maximum absolute atomic E-state index is 13.8. The normalized spacial score (nSPS) is 18.3. The van der Waals surface area contributed by atoms with E-state index in [4.69, 9.17) is 0 Å². The first-order chi connectivity index (χ1) is 16.5. The van der Waals surface area contributed by atoms with Crippen molar-refractivity contribution in [3.8, 4) is 5.69 Å². The predicted octanol–water partition coefficient (Wildman–Crippen LogP) is 3.76. The fourth-order valence-corrected chi connectivity index (χ4v) is 4.08. The topological polar surface area (TPSA) is 106 Å². The van der Waals surface area contributed by atoms with Crippen molar-refractivity contribution in [1.82, 2.24) is 20.3 Å². The molecule has 1 aromatic heterocycles. The number of nitrogens with zero attached hydrogens (tertiary/aromatic N) is 3. The van der Waals surface area contributed by atoms with Gasteiger partial charge in [0, 0.05) is 12.1 Å². The van der Waals surface area contributed by atoms with Crippen molar-refractivity contribution in [3.63, 3.8) is 0 Å². The van der Waals surface area contributed by atoms with Gasteiger partial charge in [-0.2, -0.15) is 13.2 Å². The summed E-state index contributed by atoms with van der Waals surface area (Å²) in [6.07, 6.45) is -4.05. The van der Waals surface area contributed by atoms with Crippen LogP contribution in [0.25, 0.3) is 5.69 Å². The zero-order valence-corrected chi connectivity index (χ0v) is 18.3. The second-order valence-electron chi connectivity index (χ2n) is 8.02. The van der Waals surface area contributed by atoms with Crippen molar-refractivity contribution < 1.29 is 31.9 Å². The maximum Gasteiger partial charge on any atom is 0.435 e. The quantitative estimate of drug-likeness (QED) is 0.419. The number of aromatic nitrogens is 3. The number of halogens is 4.